The zero-order chi connectivity index (χ0) is 10.6. The van der Waals surface area contributed by atoms with Crippen LogP contribution in [0.4, 0.5) is 0 Å². The maximum absolute atomic E-state index is 11.5. The Bertz CT molecular complexity index is 368. The maximum Gasteiger partial charge on any atom is 0.251 e. The van der Waals surface area contributed by atoms with Gasteiger partial charge in [0.15, 0.2) is 0 Å². The predicted octanol–water partition coefficient (Wildman–Crippen LogP) is 1.31. The number of thiocarbonyl (C=S) groups is 1. The van der Waals surface area contributed by atoms with E-state index in [4.69, 9.17) is 5.73 Å². The Morgan fingerprint density at radius 1 is 1.57 bits per heavy atom. The van der Waals surface area contributed by atoms with Crippen molar-refractivity contribution in [2.75, 3.05) is 6.54 Å². The summed E-state index contributed by atoms with van der Waals surface area (Å²) in [4.78, 5) is 11.8. The Balaban J connectivity index is 2.65. The average molecular weight is 320 g/mol. The zero-order valence-corrected chi connectivity index (χ0v) is 10.3. The van der Waals surface area contributed by atoms with Crippen LogP contribution >= 0.6 is 34.8 Å². The van der Waals surface area contributed by atoms with Gasteiger partial charge in [0.2, 0.25) is 0 Å². The van der Waals surface area contributed by atoms with Gasteiger partial charge in [-0.25, -0.2) is 0 Å². The number of nitrogens with one attached hydrogen (secondary N) is 1. The average Bonchev–Trinajstić information content (AvgIpc) is 2.14. The van der Waals surface area contributed by atoms with Gasteiger partial charge < -0.3 is 11.1 Å². The van der Waals surface area contributed by atoms with E-state index >= 15 is 0 Å². The third kappa shape index (κ3) is 3.59. The molecule has 0 aliphatic carbocycles. The zero-order valence-electron chi connectivity index (χ0n) is 7.29. The van der Waals surface area contributed by atoms with Gasteiger partial charge in [0.05, 0.1) is 11.5 Å². The van der Waals surface area contributed by atoms with Gasteiger partial charge in [0.25, 0.3) is 5.91 Å². The van der Waals surface area contributed by atoms with Gasteiger partial charge in [-0.3, -0.25) is 4.79 Å². The lowest BCUT2D eigenvalue weighted by Gasteiger charge is -2.03. The van der Waals surface area contributed by atoms with Crippen molar-refractivity contribution in [1.82, 2.24) is 5.32 Å². The second-order valence-electron chi connectivity index (χ2n) is 2.66. The molecule has 0 saturated carbocycles. The van der Waals surface area contributed by atoms with E-state index in [1.54, 1.807) is 12.1 Å². The summed E-state index contributed by atoms with van der Waals surface area (Å²) < 4.78 is 1.02. The Labute approximate surface area is 101 Å². The van der Waals surface area contributed by atoms with Crippen molar-refractivity contribution in [2.45, 2.75) is 0 Å². The highest BCUT2D eigenvalue weighted by Gasteiger charge is 2.04. The van der Waals surface area contributed by atoms with Crippen LogP contribution in [0.1, 0.15) is 10.4 Å². The summed E-state index contributed by atoms with van der Waals surface area (Å²) in [7, 11) is 0. The first-order valence-corrected chi connectivity index (χ1v) is 5.40. The summed E-state index contributed by atoms with van der Waals surface area (Å²) in [6.07, 6.45) is 0. The molecule has 0 aliphatic rings. The van der Waals surface area contributed by atoms with Crippen LogP contribution in [-0.4, -0.2) is 17.4 Å². The lowest BCUT2D eigenvalue weighted by Crippen LogP contribution is -2.32. The largest absolute Gasteiger partial charge is 0.392 e. The molecule has 3 nitrogen and oxygen atoms in total. The third-order valence-corrected chi connectivity index (χ3v) is 2.33. The Hall–Kier alpha value is -0.690. The van der Waals surface area contributed by atoms with E-state index in [0.717, 1.165) is 3.57 Å². The summed E-state index contributed by atoms with van der Waals surface area (Å²) in [5, 5.41) is 2.62. The van der Waals surface area contributed by atoms with Crippen LogP contribution in [0.3, 0.4) is 0 Å². The van der Waals surface area contributed by atoms with Crippen molar-refractivity contribution in [2.24, 2.45) is 5.73 Å². The third-order valence-electron chi connectivity index (χ3n) is 1.51. The summed E-state index contributed by atoms with van der Waals surface area (Å²) in [5.74, 6) is -0.156. The van der Waals surface area contributed by atoms with Crippen molar-refractivity contribution in [3.8, 4) is 0 Å². The maximum atomic E-state index is 11.5. The monoisotopic (exact) mass is 320 g/mol. The number of hydrogen-bond donors (Lipinski definition) is 2. The van der Waals surface area contributed by atoms with Crippen LogP contribution in [0.2, 0.25) is 0 Å². The summed E-state index contributed by atoms with van der Waals surface area (Å²) in [5.41, 5.74) is 5.88. The molecule has 1 aromatic rings. The molecule has 0 radical (unpaired) electrons. The van der Waals surface area contributed by atoms with Gasteiger partial charge >= 0.3 is 0 Å². The molecule has 0 bridgehead atoms. The summed E-state index contributed by atoms with van der Waals surface area (Å²) >= 11 is 6.80. The molecule has 14 heavy (non-hydrogen) atoms. The molecule has 1 aromatic carbocycles. The Kier molecular flexibility index (Phi) is 4.27. The molecule has 1 amide bonds. The summed E-state index contributed by atoms with van der Waals surface area (Å²) in [6.45, 7) is 0.236. The second-order valence-corrected chi connectivity index (χ2v) is 4.43. The van der Waals surface area contributed by atoms with E-state index in [-0.39, 0.29) is 17.4 Å². The molecule has 0 heterocycles. The van der Waals surface area contributed by atoms with Crippen molar-refractivity contribution in [3.05, 3.63) is 33.4 Å². The first kappa shape index (κ1) is 11.4. The first-order chi connectivity index (χ1) is 6.59. The van der Waals surface area contributed by atoms with Crippen molar-refractivity contribution >= 4 is 45.7 Å². The van der Waals surface area contributed by atoms with Crippen molar-refractivity contribution in [1.29, 1.82) is 0 Å². The molecule has 1 rings (SSSR count). The minimum absolute atomic E-state index is 0.156. The molecule has 0 atom stereocenters. The van der Waals surface area contributed by atoms with E-state index in [0.29, 0.717) is 5.56 Å². The van der Waals surface area contributed by atoms with Gasteiger partial charge in [0, 0.05) is 9.13 Å². The molecule has 74 valence electrons. The van der Waals surface area contributed by atoms with Crippen LogP contribution in [0.15, 0.2) is 24.3 Å². The molecule has 5 heteroatoms. The molecule has 0 spiro atoms. The fourth-order valence-corrected chi connectivity index (χ4v) is 1.51. The molecule has 0 aliphatic heterocycles. The number of carbonyl (C=O) groups excluding carboxylic acids is 1. The number of halogens is 1. The second kappa shape index (κ2) is 5.26. The molecule has 0 saturated heterocycles. The fraction of sp³-hybridized carbons (Fsp3) is 0.111. The SMILES string of the molecule is NC(=S)CNC(=O)c1cccc(I)c1. The van der Waals surface area contributed by atoms with E-state index < -0.39 is 0 Å². The van der Waals surface area contributed by atoms with Crippen molar-refractivity contribution < 1.29 is 4.79 Å². The van der Waals surface area contributed by atoms with E-state index in [2.05, 4.69) is 40.1 Å². The number of rotatable bonds is 3. The minimum atomic E-state index is -0.156. The highest BCUT2D eigenvalue weighted by Crippen LogP contribution is 2.07. The normalized spacial score (nSPS) is 9.50. The topological polar surface area (TPSA) is 55.1 Å². The van der Waals surface area contributed by atoms with Gasteiger partial charge in [-0.1, -0.05) is 18.3 Å². The Morgan fingerprint density at radius 2 is 2.29 bits per heavy atom. The van der Waals surface area contributed by atoms with E-state index in [1.807, 2.05) is 12.1 Å². The molecule has 0 fully saturated rings. The smallest absolute Gasteiger partial charge is 0.251 e. The first-order valence-electron chi connectivity index (χ1n) is 3.91. The van der Waals surface area contributed by atoms with Crippen LogP contribution in [0.5, 0.6) is 0 Å². The van der Waals surface area contributed by atoms with Crippen molar-refractivity contribution in [3.63, 3.8) is 0 Å². The van der Waals surface area contributed by atoms with Gasteiger partial charge in [-0.2, -0.15) is 0 Å². The van der Waals surface area contributed by atoms with Crippen LogP contribution in [0, 0.1) is 3.57 Å². The quantitative estimate of drug-likeness (QED) is 0.652. The van der Waals surface area contributed by atoms with E-state index in [1.165, 1.54) is 0 Å². The van der Waals surface area contributed by atoms with Crippen LogP contribution in [0.25, 0.3) is 0 Å². The molecule has 0 aromatic heterocycles. The van der Waals surface area contributed by atoms with Crippen LogP contribution < -0.4 is 11.1 Å². The number of hydrogen-bond acceptors (Lipinski definition) is 2. The van der Waals surface area contributed by atoms with Gasteiger partial charge in [0.1, 0.15) is 0 Å². The Morgan fingerprint density at radius 3 is 2.86 bits per heavy atom. The number of carbonyl (C=O) groups is 1. The highest BCUT2D eigenvalue weighted by molar-refractivity contribution is 14.1. The predicted molar refractivity (Wildman–Crippen MR) is 68.3 cm³/mol. The molecule has 3 N–H and O–H groups in total. The minimum Gasteiger partial charge on any atom is -0.392 e. The fourth-order valence-electron chi connectivity index (χ4n) is 0.899. The standard InChI is InChI=1S/C9H9IN2OS/c10-7-3-1-2-6(4-7)9(13)12-5-8(11)14/h1-4H,5H2,(H2,11,14)(H,12,13). The summed E-state index contributed by atoms with van der Waals surface area (Å²) in [6, 6.07) is 7.30. The van der Waals surface area contributed by atoms with Gasteiger partial charge in [-0.05, 0) is 40.8 Å². The number of amides is 1. The molecular formula is C9H9IN2OS. The highest BCUT2D eigenvalue weighted by atomic mass is 127. The van der Waals surface area contributed by atoms with Gasteiger partial charge in [-0.15, -0.1) is 0 Å². The lowest BCUT2D eigenvalue weighted by atomic mass is 10.2. The molecular weight excluding hydrogens is 311 g/mol. The van der Waals surface area contributed by atoms with E-state index in [9.17, 15) is 4.79 Å². The number of nitrogens with two attached hydrogens (primary N) is 1. The number of benzene rings is 1. The lowest BCUT2D eigenvalue weighted by molar-refractivity contribution is 0.0959. The van der Waals surface area contributed by atoms with Crippen LogP contribution in [-0.2, 0) is 0 Å². The molecule has 0 unspecified atom stereocenters.